The summed E-state index contributed by atoms with van der Waals surface area (Å²) in [6.45, 7) is 1.80. The van der Waals surface area contributed by atoms with E-state index >= 15 is 0 Å². The van der Waals surface area contributed by atoms with Gasteiger partial charge < -0.3 is 0 Å². The molecule has 3 nitrogen and oxygen atoms in total. The third-order valence-electron chi connectivity index (χ3n) is 1.57. The molecule has 1 aromatic carbocycles. The summed E-state index contributed by atoms with van der Waals surface area (Å²) in [4.78, 5) is 13.9. The molecule has 0 heterocycles. The number of amides is 1. The Morgan fingerprint density at radius 2 is 2.29 bits per heavy atom. The number of benzene rings is 1. The van der Waals surface area contributed by atoms with Crippen molar-refractivity contribution in [1.82, 2.24) is 10.3 Å². The van der Waals surface area contributed by atoms with Crippen LogP contribution in [0.15, 0.2) is 18.2 Å². The molecule has 14 heavy (non-hydrogen) atoms. The molecule has 0 atom stereocenters. The number of carbonyl (C=O) groups excluding carboxylic acids is 1. The fourth-order valence-corrected chi connectivity index (χ4v) is 1.41. The lowest BCUT2D eigenvalue weighted by Crippen LogP contribution is -2.32. The molecule has 76 valence electrons. The molecule has 0 aliphatic heterocycles. The van der Waals surface area contributed by atoms with Gasteiger partial charge in [0.2, 0.25) is 0 Å². The van der Waals surface area contributed by atoms with E-state index in [0.29, 0.717) is 0 Å². The highest BCUT2D eigenvalue weighted by atomic mass is 127. The van der Waals surface area contributed by atoms with Crippen molar-refractivity contribution in [3.63, 3.8) is 0 Å². The van der Waals surface area contributed by atoms with Crippen molar-refractivity contribution in [1.29, 1.82) is 0 Å². The average molecular weight is 326 g/mol. The first-order chi connectivity index (χ1) is 6.65. The van der Waals surface area contributed by atoms with E-state index in [-0.39, 0.29) is 5.56 Å². The lowest BCUT2D eigenvalue weighted by Gasteiger charge is -2.05. The highest BCUT2D eigenvalue weighted by Gasteiger charge is 2.10. The number of hydrogen-bond acceptors (Lipinski definition) is 3. The molecule has 0 bridgehead atoms. The summed E-state index contributed by atoms with van der Waals surface area (Å²) in [6, 6.07) is 4.40. The summed E-state index contributed by atoms with van der Waals surface area (Å²) in [7, 11) is 1.20. The molecule has 0 spiro atoms. The monoisotopic (exact) mass is 326 g/mol. The van der Waals surface area contributed by atoms with Gasteiger partial charge in [0.05, 0.1) is 5.56 Å². The fraction of sp³-hybridized carbons (Fsp3) is 0.125. The predicted octanol–water partition coefficient (Wildman–Crippen LogP) is 2.37. The van der Waals surface area contributed by atoms with Gasteiger partial charge in [-0.25, -0.2) is 4.39 Å². The van der Waals surface area contributed by atoms with Crippen LogP contribution in [0.25, 0.3) is 0 Å². The highest BCUT2D eigenvalue weighted by Crippen LogP contribution is 2.10. The number of aryl methyl sites for hydroxylation is 1. The standard InChI is InChI=1S/C8H8FIN2OS/c1-5-2-3-7(9)6(4-5)8(13)11-12-14-10/h2-4,12H,1H3,(H,11,13). The van der Waals surface area contributed by atoms with Crippen molar-refractivity contribution in [2.75, 3.05) is 0 Å². The zero-order chi connectivity index (χ0) is 10.6. The molecule has 1 aromatic rings. The van der Waals surface area contributed by atoms with Crippen LogP contribution < -0.4 is 10.3 Å². The van der Waals surface area contributed by atoms with Gasteiger partial charge in [0, 0.05) is 30.3 Å². The maximum Gasteiger partial charge on any atom is 0.269 e. The van der Waals surface area contributed by atoms with E-state index in [0.717, 1.165) is 5.56 Å². The maximum atomic E-state index is 13.2. The Labute approximate surface area is 97.5 Å². The van der Waals surface area contributed by atoms with E-state index < -0.39 is 11.7 Å². The van der Waals surface area contributed by atoms with Gasteiger partial charge in [-0.05, 0) is 19.1 Å². The van der Waals surface area contributed by atoms with Crippen LogP contribution in [0.4, 0.5) is 4.39 Å². The van der Waals surface area contributed by atoms with Gasteiger partial charge in [-0.2, -0.15) is 4.83 Å². The van der Waals surface area contributed by atoms with Crippen molar-refractivity contribution >= 4 is 36.2 Å². The van der Waals surface area contributed by atoms with Gasteiger partial charge in [-0.15, -0.1) is 0 Å². The molecular formula is C8H8FIN2OS. The maximum absolute atomic E-state index is 13.2. The van der Waals surface area contributed by atoms with Crippen molar-refractivity contribution in [2.45, 2.75) is 6.92 Å². The largest absolute Gasteiger partial charge is 0.277 e. The molecule has 0 unspecified atom stereocenters. The van der Waals surface area contributed by atoms with Gasteiger partial charge in [0.25, 0.3) is 5.91 Å². The second kappa shape index (κ2) is 5.52. The molecule has 0 fully saturated rings. The van der Waals surface area contributed by atoms with E-state index in [1.165, 1.54) is 21.3 Å². The molecule has 2 N–H and O–H groups in total. The summed E-state index contributed by atoms with van der Waals surface area (Å²) >= 11 is 1.95. The van der Waals surface area contributed by atoms with Crippen LogP contribution in [0.5, 0.6) is 0 Å². The fourth-order valence-electron chi connectivity index (χ4n) is 0.946. The lowest BCUT2D eigenvalue weighted by atomic mass is 10.1. The van der Waals surface area contributed by atoms with Crippen LogP contribution in [0, 0.1) is 12.7 Å². The van der Waals surface area contributed by atoms with E-state index in [1.807, 2.05) is 21.2 Å². The first kappa shape index (κ1) is 11.7. The van der Waals surface area contributed by atoms with E-state index in [9.17, 15) is 9.18 Å². The minimum absolute atomic E-state index is 0.0444. The van der Waals surface area contributed by atoms with Crippen LogP contribution in [-0.4, -0.2) is 5.91 Å². The third-order valence-corrected chi connectivity index (χ3v) is 2.41. The van der Waals surface area contributed by atoms with Crippen molar-refractivity contribution in [3.8, 4) is 0 Å². The lowest BCUT2D eigenvalue weighted by molar-refractivity contribution is 0.0943. The smallest absolute Gasteiger partial charge is 0.269 e. The summed E-state index contributed by atoms with van der Waals surface area (Å²) in [5, 5.41) is 0. The number of hydrazine groups is 1. The summed E-state index contributed by atoms with van der Waals surface area (Å²) in [5.74, 6) is -0.997. The first-order valence-electron chi connectivity index (χ1n) is 3.74. The Morgan fingerprint density at radius 1 is 1.57 bits per heavy atom. The first-order valence-corrected chi connectivity index (χ1v) is 7.10. The van der Waals surface area contributed by atoms with E-state index in [4.69, 9.17) is 0 Å². The van der Waals surface area contributed by atoms with E-state index in [2.05, 4.69) is 10.3 Å². The number of hydrogen-bond donors (Lipinski definition) is 2. The van der Waals surface area contributed by atoms with Crippen molar-refractivity contribution in [2.24, 2.45) is 0 Å². The zero-order valence-corrected chi connectivity index (χ0v) is 10.3. The summed E-state index contributed by atoms with van der Waals surface area (Å²) in [6.07, 6.45) is 0. The minimum Gasteiger partial charge on any atom is -0.277 e. The van der Waals surface area contributed by atoms with Crippen LogP contribution >= 0.6 is 30.3 Å². The molecular weight excluding hydrogens is 318 g/mol. The molecule has 1 amide bonds. The van der Waals surface area contributed by atoms with Crippen LogP contribution in [0.2, 0.25) is 0 Å². The summed E-state index contributed by atoms with van der Waals surface area (Å²) < 4.78 is 13.2. The minimum atomic E-state index is -0.520. The van der Waals surface area contributed by atoms with Crippen LogP contribution in [0.1, 0.15) is 15.9 Å². The Balaban J connectivity index is 2.83. The molecule has 0 saturated heterocycles. The molecule has 0 saturated carbocycles. The number of rotatable bonds is 3. The SMILES string of the molecule is Cc1ccc(F)c(C(=O)NNSI)c1. The Kier molecular flexibility index (Phi) is 4.63. The Morgan fingerprint density at radius 3 is 2.93 bits per heavy atom. The van der Waals surface area contributed by atoms with Gasteiger partial charge in [0.1, 0.15) is 5.82 Å². The quantitative estimate of drug-likeness (QED) is 0.509. The number of nitrogens with one attached hydrogen (secondary N) is 2. The molecule has 0 aliphatic rings. The number of carbonyl (C=O) groups is 1. The van der Waals surface area contributed by atoms with Crippen molar-refractivity contribution in [3.05, 3.63) is 35.1 Å². The molecule has 0 radical (unpaired) electrons. The normalized spacial score (nSPS) is 9.93. The zero-order valence-electron chi connectivity index (χ0n) is 7.30. The van der Waals surface area contributed by atoms with Crippen molar-refractivity contribution < 1.29 is 9.18 Å². The predicted molar refractivity (Wildman–Crippen MR) is 63.3 cm³/mol. The Hall–Kier alpha value is -0.340. The molecule has 1 rings (SSSR count). The molecule has 6 heteroatoms. The highest BCUT2D eigenvalue weighted by molar-refractivity contribution is 14.2. The number of halogens is 2. The van der Waals surface area contributed by atoms with Gasteiger partial charge in [-0.3, -0.25) is 10.2 Å². The summed E-state index contributed by atoms with van der Waals surface area (Å²) in [5.41, 5.74) is 3.23. The van der Waals surface area contributed by atoms with Gasteiger partial charge >= 0.3 is 0 Å². The second-order valence-corrected chi connectivity index (χ2v) is 4.30. The van der Waals surface area contributed by atoms with Gasteiger partial charge in [0.15, 0.2) is 0 Å². The third kappa shape index (κ3) is 3.10. The topological polar surface area (TPSA) is 41.1 Å². The molecule has 0 aliphatic carbocycles. The van der Waals surface area contributed by atoms with Crippen LogP contribution in [-0.2, 0) is 0 Å². The Bertz CT molecular complexity index is 348. The van der Waals surface area contributed by atoms with E-state index in [1.54, 1.807) is 13.0 Å². The van der Waals surface area contributed by atoms with Gasteiger partial charge in [-0.1, -0.05) is 11.6 Å². The second-order valence-electron chi connectivity index (χ2n) is 2.62. The molecule has 0 aromatic heterocycles. The average Bonchev–Trinajstić information content (AvgIpc) is 2.18. The van der Waals surface area contributed by atoms with Crippen LogP contribution in [0.3, 0.4) is 0 Å².